The van der Waals surface area contributed by atoms with Crippen molar-refractivity contribution in [2.75, 3.05) is 32.2 Å². The van der Waals surface area contributed by atoms with Crippen molar-refractivity contribution >= 4 is 23.5 Å². The molecular formula is C20H22N2O5. The quantitative estimate of drug-likeness (QED) is 0.756. The predicted octanol–water partition coefficient (Wildman–Crippen LogP) is 2.26. The van der Waals surface area contributed by atoms with Crippen molar-refractivity contribution in [2.45, 2.75) is 6.92 Å². The zero-order valence-corrected chi connectivity index (χ0v) is 15.5. The Labute approximate surface area is 157 Å². The molecule has 0 unspecified atom stereocenters. The van der Waals surface area contributed by atoms with Crippen LogP contribution in [0.5, 0.6) is 5.75 Å². The third kappa shape index (κ3) is 5.07. The third-order valence-electron chi connectivity index (χ3n) is 3.93. The van der Waals surface area contributed by atoms with E-state index in [1.807, 2.05) is 0 Å². The van der Waals surface area contributed by atoms with Gasteiger partial charge in [-0.05, 0) is 30.3 Å². The highest BCUT2D eigenvalue weighted by atomic mass is 16.5. The number of nitrogens with zero attached hydrogens (tertiary/aromatic N) is 1. The molecule has 0 heterocycles. The zero-order chi connectivity index (χ0) is 19.8. The number of hydrogen-bond acceptors (Lipinski definition) is 5. The Hall–Kier alpha value is -3.35. The molecule has 0 radical (unpaired) electrons. The van der Waals surface area contributed by atoms with Crippen molar-refractivity contribution in [1.82, 2.24) is 5.32 Å². The van der Waals surface area contributed by atoms with E-state index in [2.05, 4.69) is 5.32 Å². The SMILES string of the molecule is COC(=O)c1ccccc1N(CCNC(=O)c1cccc(OC)c1)C(C)=O. The summed E-state index contributed by atoms with van der Waals surface area (Å²) in [4.78, 5) is 37.7. The van der Waals surface area contributed by atoms with Crippen molar-refractivity contribution in [3.63, 3.8) is 0 Å². The van der Waals surface area contributed by atoms with Gasteiger partial charge in [0.15, 0.2) is 0 Å². The van der Waals surface area contributed by atoms with Crippen molar-refractivity contribution < 1.29 is 23.9 Å². The lowest BCUT2D eigenvalue weighted by molar-refractivity contribution is -0.116. The Morgan fingerprint density at radius 3 is 2.44 bits per heavy atom. The Morgan fingerprint density at radius 1 is 1.04 bits per heavy atom. The monoisotopic (exact) mass is 370 g/mol. The number of carbonyl (C=O) groups is 3. The van der Waals surface area contributed by atoms with Gasteiger partial charge in [-0.1, -0.05) is 18.2 Å². The van der Waals surface area contributed by atoms with Gasteiger partial charge in [0, 0.05) is 25.6 Å². The summed E-state index contributed by atoms with van der Waals surface area (Å²) >= 11 is 0. The first kappa shape index (κ1) is 20.0. The summed E-state index contributed by atoms with van der Waals surface area (Å²) in [5.41, 5.74) is 1.18. The van der Waals surface area contributed by atoms with Crippen LogP contribution in [0.25, 0.3) is 0 Å². The van der Waals surface area contributed by atoms with Crippen molar-refractivity contribution in [2.24, 2.45) is 0 Å². The first-order valence-corrected chi connectivity index (χ1v) is 8.35. The summed E-state index contributed by atoms with van der Waals surface area (Å²) in [6.07, 6.45) is 0. The highest BCUT2D eigenvalue weighted by molar-refractivity contribution is 6.02. The smallest absolute Gasteiger partial charge is 0.339 e. The van der Waals surface area contributed by atoms with E-state index in [4.69, 9.17) is 9.47 Å². The first-order valence-electron chi connectivity index (χ1n) is 8.35. The molecule has 0 aliphatic heterocycles. The van der Waals surface area contributed by atoms with Crippen LogP contribution in [-0.2, 0) is 9.53 Å². The van der Waals surface area contributed by atoms with Crippen molar-refractivity contribution in [3.8, 4) is 5.75 Å². The Morgan fingerprint density at radius 2 is 1.78 bits per heavy atom. The molecule has 7 heteroatoms. The first-order chi connectivity index (χ1) is 13.0. The van der Waals surface area contributed by atoms with Gasteiger partial charge in [0.1, 0.15) is 5.75 Å². The van der Waals surface area contributed by atoms with Crippen molar-refractivity contribution in [3.05, 3.63) is 59.7 Å². The molecule has 1 N–H and O–H groups in total. The molecule has 2 rings (SSSR count). The van der Waals surface area contributed by atoms with Crippen LogP contribution < -0.4 is 15.0 Å². The second kappa shape index (κ2) is 9.38. The van der Waals surface area contributed by atoms with Crippen LogP contribution in [-0.4, -0.2) is 45.1 Å². The van der Waals surface area contributed by atoms with Crippen LogP contribution >= 0.6 is 0 Å². The molecule has 27 heavy (non-hydrogen) atoms. The molecule has 2 aromatic carbocycles. The number of benzene rings is 2. The third-order valence-corrected chi connectivity index (χ3v) is 3.93. The molecule has 0 bridgehead atoms. The van der Waals surface area contributed by atoms with E-state index < -0.39 is 5.97 Å². The van der Waals surface area contributed by atoms with E-state index in [-0.39, 0.29) is 30.5 Å². The van der Waals surface area contributed by atoms with Gasteiger partial charge in [-0.2, -0.15) is 0 Å². The molecule has 0 aromatic heterocycles. The fourth-order valence-corrected chi connectivity index (χ4v) is 2.59. The zero-order valence-electron chi connectivity index (χ0n) is 15.5. The van der Waals surface area contributed by atoms with E-state index in [0.29, 0.717) is 17.0 Å². The lowest BCUT2D eigenvalue weighted by atomic mass is 10.1. The fraction of sp³-hybridized carbons (Fsp3) is 0.250. The van der Waals surface area contributed by atoms with Crippen LogP contribution in [0.3, 0.4) is 0 Å². The summed E-state index contributed by atoms with van der Waals surface area (Å²) in [6.45, 7) is 1.82. The summed E-state index contributed by atoms with van der Waals surface area (Å²) in [5.74, 6) is -0.474. The van der Waals surface area contributed by atoms with Gasteiger partial charge >= 0.3 is 5.97 Å². The number of amides is 2. The number of rotatable bonds is 7. The van der Waals surface area contributed by atoms with Gasteiger partial charge in [0.05, 0.1) is 25.5 Å². The second-order valence-electron chi connectivity index (χ2n) is 5.67. The molecule has 0 saturated carbocycles. The lowest BCUT2D eigenvalue weighted by Crippen LogP contribution is -2.38. The fourth-order valence-electron chi connectivity index (χ4n) is 2.59. The van der Waals surface area contributed by atoms with Crippen LogP contribution in [0.1, 0.15) is 27.6 Å². The minimum atomic E-state index is -0.530. The molecule has 0 atom stereocenters. The lowest BCUT2D eigenvalue weighted by Gasteiger charge is -2.23. The summed E-state index contributed by atoms with van der Waals surface area (Å²) in [5, 5.41) is 2.76. The molecule has 0 spiro atoms. The summed E-state index contributed by atoms with van der Waals surface area (Å²) in [6, 6.07) is 13.5. The summed E-state index contributed by atoms with van der Waals surface area (Å²) in [7, 11) is 2.81. The minimum Gasteiger partial charge on any atom is -0.497 e. The topological polar surface area (TPSA) is 84.9 Å². The maximum absolute atomic E-state index is 12.3. The Balaban J connectivity index is 2.09. The minimum absolute atomic E-state index is 0.207. The van der Waals surface area contributed by atoms with Gasteiger partial charge in [-0.25, -0.2) is 4.79 Å². The van der Waals surface area contributed by atoms with Crippen LogP contribution in [0.2, 0.25) is 0 Å². The molecular weight excluding hydrogens is 348 g/mol. The van der Waals surface area contributed by atoms with E-state index in [0.717, 1.165) is 0 Å². The Bertz CT molecular complexity index is 835. The largest absolute Gasteiger partial charge is 0.497 e. The number of hydrogen-bond donors (Lipinski definition) is 1. The predicted molar refractivity (Wildman–Crippen MR) is 101 cm³/mol. The second-order valence-corrected chi connectivity index (χ2v) is 5.67. The standard InChI is InChI=1S/C20H22N2O5/c1-14(23)22(18-10-5-4-9-17(18)20(25)27-3)12-11-21-19(24)15-7-6-8-16(13-15)26-2/h4-10,13H,11-12H2,1-3H3,(H,21,24). The Kier molecular flexibility index (Phi) is 6.93. The average molecular weight is 370 g/mol. The number of esters is 1. The maximum Gasteiger partial charge on any atom is 0.339 e. The normalized spacial score (nSPS) is 10.0. The van der Waals surface area contributed by atoms with Crippen LogP contribution in [0.15, 0.2) is 48.5 Å². The molecule has 0 fully saturated rings. The van der Waals surface area contributed by atoms with Gasteiger partial charge in [-0.15, -0.1) is 0 Å². The average Bonchev–Trinajstić information content (AvgIpc) is 2.70. The van der Waals surface area contributed by atoms with Gasteiger partial charge in [-0.3, -0.25) is 9.59 Å². The molecule has 0 aliphatic rings. The van der Waals surface area contributed by atoms with Gasteiger partial charge in [0.2, 0.25) is 5.91 Å². The van der Waals surface area contributed by atoms with Crippen molar-refractivity contribution in [1.29, 1.82) is 0 Å². The highest BCUT2D eigenvalue weighted by Crippen LogP contribution is 2.21. The number of ether oxygens (including phenoxy) is 2. The number of nitrogens with one attached hydrogen (secondary N) is 1. The van der Waals surface area contributed by atoms with E-state index in [1.165, 1.54) is 26.0 Å². The van der Waals surface area contributed by atoms with Gasteiger partial charge in [0.25, 0.3) is 5.91 Å². The molecule has 0 aliphatic carbocycles. The number of para-hydroxylation sites is 1. The number of methoxy groups -OCH3 is 2. The van der Waals surface area contributed by atoms with E-state index in [9.17, 15) is 14.4 Å². The molecule has 2 aromatic rings. The van der Waals surface area contributed by atoms with Crippen LogP contribution in [0.4, 0.5) is 5.69 Å². The van der Waals surface area contributed by atoms with E-state index in [1.54, 1.807) is 48.5 Å². The van der Waals surface area contributed by atoms with Gasteiger partial charge < -0.3 is 19.7 Å². The molecule has 142 valence electrons. The number of anilines is 1. The molecule has 0 saturated heterocycles. The summed E-state index contributed by atoms with van der Waals surface area (Å²) < 4.78 is 9.88. The molecule has 7 nitrogen and oxygen atoms in total. The van der Waals surface area contributed by atoms with E-state index >= 15 is 0 Å². The van der Waals surface area contributed by atoms with Crippen LogP contribution in [0, 0.1) is 0 Å². The highest BCUT2D eigenvalue weighted by Gasteiger charge is 2.19. The molecule has 2 amide bonds. The number of carbonyl (C=O) groups excluding carboxylic acids is 3. The maximum atomic E-state index is 12.3.